The lowest BCUT2D eigenvalue weighted by molar-refractivity contribution is 0.378. The van der Waals surface area contributed by atoms with Gasteiger partial charge in [-0.2, -0.15) is 16.8 Å². The van der Waals surface area contributed by atoms with E-state index in [1.807, 2.05) is 24.3 Å². The van der Waals surface area contributed by atoms with Crippen molar-refractivity contribution >= 4 is 42.6 Å². The number of phenols is 2. The molecule has 4 rings (SSSR count). The van der Waals surface area contributed by atoms with Gasteiger partial charge in [0.25, 0.3) is 0 Å². The fourth-order valence-electron chi connectivity index (χ4n) is 2.25. The van der Waals surface area contributed by atoms with Crippen molar-refractivity contribution in [1.82, 2.24) is 9.97 Å². The molecular weight excluding hydrogens is 484 g/mol. The van der Waals surface area contributed by atoms with Gasteiger partial charge in [0.15, 0.2) is 0 Å². The first-order valence-corrected chi connectivity index (χ1v) is 11.2. The Labute approximate surface area is 186 Å². The average molecular weight is 502 g/mol. The topological polar surface area (TPSA) is 235 Å². The highest BCUT2D eigenvalue weighted by molar-refractivity contribution is 7.80. The van der Waals surface area contributed by atoms with Crippen LogP contribution in [0.3, 0.4) is 0 Å². The van der Waals surface area contributed by atoms with Crippen LogP contribution in [0.4, 0.5) is 0 Å². The van der Waals surface area contributed by atoms with Gasteiger partial charge in [0.2, 0.25) is 5.56 Å². The summed E-state index contributed by atoms with van der Waals surface area (Å²) in [4.78, 5) is 17.5. The number of fused-ring (bicyclic) bond motifs is 2. The number of para-hydroxylation sites is 2. The number of aromatic hydroxyl groups is 2. The fraction of sp³-hybridized carbons (Fsp3) is 0. The van der Waals surface area contributed by atoms with Crippen molar-refractivity contribution in [2.75, 3.05) is 0 Å². The lowest BCUT2D eigenvalue weighted by atomic mass is 10.2. The highest BCUT2D eigenvalue weighted by Gasteiger charge is 1.98. The van der Waals surface area contributed by atoms with Gasteiger partial charge in [-0.3, -0.25) is 28.0 Å². The highest BCUT2D eigenvalue weighted by atomic mass is 32.3. The van der Waals surface area contributed by atoms with Crippen molar-refractivity contribution in [2.24, 2.45) is 0 Å². The van der Waals surface area contributed by atoms with E-state index in [1.165, 1.54) is 12.1 Å². The zero-order valence-electron chi connectivity index (χ0n) is 16.3. The molecule has 178 valence electrons. The number of nitrogens with one attached hydrogen (secondary N) is 1. The molecule has 15 heteroatoms. The van der Waals surface area contributed by atoms with Crippen LogP contribution >= 0.6 is 0 Å². The van der Waals surface area contributed by atoms with Crippen LogP contribution in [-0.2, 0) is 20.8 Å². The molecule has 13 nitrogen and oxygen atoms in total. The van der Waals surface area contributed by atoms with Crippen LogP contribution in [0.15, 0.2) is 71.7 Å². The molecule has 0 aliphatic rings. The first-order valence-electron chi connectivity index (χ1n) is 8.38. The third-order valence-corrected chi connectivity index (χ3v) is 3.35. The minimum atomic E-state index is -4.67. The summed E-state index contributed by atoms with van der Waals surface area (Å²) >= 11 is 0. The molecule has 33 heavy (non-hydrogen) atoms. The van der Waals surface area contributed by atoms with Gasteiger partial charge in [-0.15, -0.1) is 0 Å². The van der Waals surface area contributed by atoms with Crippen molar-refractivity contribution < 1.29 is 45.3 Å². The van der Waals surface area contributed by atoms with Crippen molar-refractivity contribution in [3.05, 3.63) is 77.2 Å². The van der Waals surface area contributed by atoms with E-state index < -0.39 is 20.8 Å². The lowest BCUT2D eigenvalue weighted by Gasteiger charge is -1.97. The van der Waals surface area contributed by atoms with Gasteiger partial charge >= 0.3 is 20.8 Å². The van der Waals surface area contributed by atoms with E-state index in [-0.39, 0.29) is 17.1 Å². The van der Waals surface area contributed by atoms with Crippen LogP contribution in [0, 0.1) is 0 Å². The molecule has 0 aliphatic carbocycles. The SMILES string of the molecule is O=S(=O)(O)O.O=S(=O)(O)O.O=c1ccc2cccc(O)c2[nH]1.Oc1cccc2cccnc12. The van der Waals surface area contributed by atoms with Crippen LogP contribution in [0.2, 0.25) is 0 Å². The number of pyridine rings is 2. The monoisotopic (exact) mass is 502 g/mol. The van der Waals surface area contributed by atoms with Crippen LogP contribution < -0.4 is 5.56 Å². The molecule has 0 fully saturated rings. The second kappa shape index (κ2) is 11.9. The first-order chi connectivity index (χ1) is 15.1. The summed E-state index contributed by atoms with van der Waals surface area (Å²) in [5.41, 5.74) is 0.948. The molecule has 0 saturated carbocycles. The lowest BCUT2D eigenvalue weighted by Crippen LogP contribution is -2.01. The number of hydrogen-bond acceptors (Lipinski definition) is 8. The fourth-order valence-corrected chi connectivity index (χ4v) is 2.25. The van der Waals surface area contributed by atoms with E-state index in [2.05, 4.69) is 9.97 Å². The summed E-state index contributed by atoms with van der Waals surface area (Å²) in [6.07, 6.45) is 1.67. The van der Waals surface area contributed by atoms with Gasteiger partial charge in [0.05, 0.1) is 5.52 Å². The third-order valence-electron chi connectivity index (χ3n) is 3.35. The minimum absolute atomic E-state index is 0.102. The van der Waals surface area contributed by atoms with Crippen LogP contribution in [0.25, 0.3) is 21.8 Å². The zero-order chi connectivity index (χ0) is 25.2. The summed E-state index contributed by atoms with van der Waals surface area (Å²) in [6, 6.07) is 17.3. The molecule has 2 aromatic carbocycles. The predicted molar refractivity (Wildman–Crippen MR) is 118 cm³/mol. The number of nitrogens with zero attached hydrogens (tertiary/aromatic N) is 1. The highest BCUT2D eigenvalue weighted by Crippen LogP contribution is 2.20. The number of aromatic nitrogens is 2. The van der Waals surface area contributed by atoms with Gasteiger partial charge < -0.3 is 15.2 Å². The number of phenolic OH excluding ortho intramolecular Hbond substituents is 2. The Morgan fingerprint density at radius 1 is 0.667 bits per heavy atom. The minimum Gasteiger partial charge on any atom is -0.506 e. The van der Waals surface area contributed by atoms with E-state index in [1.54, 1.807) is 30.5 Å². The van der Waals surface area contributed by atoms with Crippen molar-refractivity contribution in [2.45, 2.75) is 0 Å². The van der Waals surface area contributed by atoms with Gasteiger partial charge in [0.1, 0.15) is 17.0 Å². The normalized spacial score (nSPS) is 10.7. The van der Waals surface area contributed by atoms with Crippen LogP contribution in [-0.4, -0.2) is 55.2 Å². The Hall–Kier alpha value is -3.60. The maximum atomic E-state index is 10.9. The Kier molecular flexibility index (Phi) is 9.86. The Morgan fingerprint density at radius 3 is 1.70 bits per heavy atom. The molecule has 2 aromatic heterocycles. The molecule has 0 radical (unpaired) electrons. The molecule has 0 saturated heterocycles. The Morgan fingerprint density at radius 2 is 1.15 bits per heavy atom. The maximum absolute atomic E-state index is 10.9. The molecule has 2 heterocycles. The summed E-state index contributed by atoms with van der Waals surface area (Å²) in [6.45, 7) is 0. The first kappa shape index (κ1) is 27.4. The largest absolute Gasteiger partial charge is 0.506 e. The second-order valence-electron chi connectivity index (χ2n) is 5.81. The van der Waals surface area contributed by atoms with Gasteiger partial charge in [-0.05, 0) is 24.3 Å². The molecule has 0 atom stereocenters. The van der Waals surface area contributed by atoms with Gasteiger partial charge in [-0.25, -0.2) is 0 Å². The predicted octanol–water partition coefficient (Wildman–Crippen LogP) is 1.87. The standard InChI is InChI=1S/C9H7NO2.C9H7NO.2H2O4S/c11-7-3-1-2-6-4-5-8(12)10-9(6)7;11-8-5-1-3-7-4-2-6-10-9(7)8;2*1-5(2,3)4/h1-5,11H,(H,10,12);1-6,11H;2*(H2,1,2,3,4). The molecule has 0 aliphatic heterocycles. The summed E-state index contributed by atoms with van der Waals surface area (Å²) in [5, 5.41) is 20.4. The van der Waals surface area contributed by atoms with Gasteiger partial charge in [0, 0.05) is 23.0 Å². The third kappa shape index (κ3) is 12.1. The Bertz CT molecular complexity index is 1430. The Balaban J connectivity index is 0.000000239. The van der Waals surface area contributed by atoms with Crippen LogP contribution in [0.5, 0.6) is 11.5 Å². The van der Waals surface area contributed by atoms with E-state index >= 15 is 0 Å². The van der Waals surface area contributed by atoms with E-state index in [9.17, 15) is 15.0 Å². The van der Waals surface area contributed by atoms with Crippen molar-refractivity contribution in [3.8, 4) is 11.5 Å². The molecule has 0 unspecified atom stereocenters. The molecule has 4 aromatic rings. The van der Waals surface area contributed by atoms with Crippen molar-refractivity contribution in [3.63, 3.8) is 0 Å². The number of benzene rings is 2. The van der Waals surface area contributed by atoms with Crippen molar-refractivity contribution in [1.29, 1.82) is 0 Å². The molecule has 0 bridgehead atoms. The average Bonchev–Trinajstić information content (AvgIpc) is 2.67. The summed E-state index contributed by atoms with van der Waals surface area (Å²) in [5.74, 6) is 0.341. The van der Waals surface area contributed by atoms with E-state index in [0.29, 0.717) is 11.0 Å². The smallest absolute Gasteiger partial charge is 0.394 e. The molecule has 7 N–H and O–H groups in total. The molecule has 0 spiro atoms. The van der Waals surface area contributed by atoms with E-state index in [0.717, 1.165) is 10.8 Å². The quantitative estimate of drug-likeness (QED) is 0.171. The number of rotatable bonds is 0. The maximum Gasteiger partial charge on any atom is 0.394 e. The number of hydrogen-bond donors (Lipinski definition) is 7. The number of H-pyrrole nitrogens is 1. The van der Waals surface area contributed by atoms with Gasteiger partial charge in [-0.1, -0.05) is 30.3 Å². The zero-order valence-corrected chi connectivity index (χ0v) is 18.0. The summed E-state index contributed by atoms with van der Waals surface area (Å²) < 4.78 is 63.2. The molecular formula is C18H18N2O11S2. The van der Waals surface area contributed by atoms with Crippen LogP contribution in [0.1, 0.15) is 0 Å². The second-order valence-corrected chi connectivity index (χ2v) is 7.60. The van der Waals surface area contributed by atoms with E-state index in [4.69, 9.17) is 35.0 Å². The number of aromatic amines is 1. The molecule has 0 amide bonds. The summed E-state index contributed by atoms with van der Waals surface area (Å²) in [7, 11) is -9.33.